The van der Waals surface area contributed by atoms with E-state index in [0.717, 1.165) is 17.7 Å². The molecule has 0 spiro atoms. The number of rotatable bonds is 4. The third-order valence-electron chi connectivity index (χ3n) is 5.63. The van der Waals surface area contributed by atoms with Crippen LogP contribution in [0.25, 0.3) is 0 Å². The Bertz CT molecular complexity index is 912. The summed E-state index contributed by atoms with van der Waals surface area (Å²) in [6.07, 6.45) is 1.35. The SMILES string of the molecule is O=C(O)[C@@H]1CN(C(=O)c2cccc(N3CCCC3=O)c2)C[C@@H]1c1ccccc1. The van der Waals surface area contributed by atoms with Gasteiger partial charge in [0.2, 0.25) is 5.91 Å². The Morgan fingerprint density at radius 1 is 1.00 bits per heavy atom. The van der Waals surface area contributed by atoms with Crippen LogP contribution in [-0.4, -0.2) is 47.4 Å². The van der Waals surface area contributed by atoms with Crippen LogP contribution in [0, 0.1) is 5.92 Å². The summed E-state index contributed by atoms with van der Waals surface area (Å²) in [6, 6.07) is 16.5. The molecule has 2 aromatic carbocycles. The van der Waals surface area contributed by atoms with E-state index in [9.17, 15) is 19.5 Å². The van der Waals surface area contributed by atoms with Crippen LogP contribution in [0.4, 0.5) is 5.69 Å². The Kier molecular flexibility index (Phi) is 4.86. The van der Waals surface area contributed by atoms with Crippen LogP contribution in [0.1, 0.15) is 34.7 Å². The van der Waals surface area contributed by atoms with E-state index in [-0.39, 0.29) is 24.3 Å². The molecule has 6 heteroatoms. The van der Waals surface area contributed by atoms with Crippen molar-refractivity contribution in [2.24, 2.45) is 5.92 Å². The summed E-state index contributed by atoms with van der Waals surface area (Å²) < 4.78 is 0. The molecule has 0 aromatic heterocycles. The van der Waals surface area contributed by atoms with E-state index in [1.54, 1.807) is 28.0 Å². The summed E-state index contributed by atoms with van der Waals surface area (Å²) in [5.41, 5.74) is 2.14. The number of anilines is 1. The maximum Gasteiger partial charge on any atom is 0.308 e. The van der Waals surface area contributed by atoms with Gasteiger partial charge in [-0.2, -0.15) is 0 Å². The molecular weight excluding hydrogens is 356 g/mol. The molecule has 2 atom stereocenters. The minimum atomic E-state index is -0.888. The number of aliphatic carboxylic acids is 1. The van der Waals surface area contributed by atoms with Crippen molar-refractivity contribution in [2.45, 2.75) is 18.8 Å². The van der Waals surface area contributed by atoms with E-state index >= 15 is 0 Å². The molecule has 2 amide bonds. The van der Waals surface area contributed by atoms with Crippen molar-refractivity contribution in [1.82, 2.24) is 4.90 Å². The van der Waals surface area contributed by atoms with Crippen LogP contribution in [0.15, 0.2) is 54.6 Å². The van der Waals surface area contributed by atoms with Crippen LogP contribution >= 0.6 is 0 Å². The molecule has 0 radical (unpaired) electrons. The van der Waals surface area contributed by atoms with Gasteiger partial charge < -0.3 is 14.9 Å². The summed E-state index contributed by atoms with van der Waals surface area (Å²) in [5, 5.41) is 9.65. The third kappa shape index (κ3) is 3.38. The molecule has 6 nitrogen and oxygen atoms in total. The highest BCUT2D eigenvalue weighted by Crippen LogP contribution is 2.34. The molecule has 2 fully saturated rings. The number of hydrogen-bond acceptors (Lipinski definition) is 3. The highest BCUT2D eigenvalue weighted by atomic mass is 16.4. The molecule has 0 bridgehead atoms. The quantitative estimate of drug-likeness (QED) is 0.887. The third-order valence-corrected chi connectivity index (χ3v) is 5.63. The second-order valence-electron chi connectivity index (χ2n) is 7.37. The predicted octanol–water partition coefficient (Wildman–Crippen LogP) is 2.75. The smallest absolute Gasteiger partial charge is 0.308 e. The second-order valence-corrected chi connectivity index (χ2v) is 7.37. The summed E-state index contributed by atoms with van der Waals surface area (Å²) in [4.78, 5) is 40.2. The molecule has 0 saturated carbocycles. The van der Waals surface area contributed by atoms with Gasteiger partial charge in [-0.05, 0) is 30.2 Å². The normalized spacial score (nSPS) is 21.9. The number of carbonyl (C=O) groups excluding carboxylic acids is 2. The molecule has 2 heterocycles. The largest absolute Gasteiger partial charge is 0.481 e. The van der Waals surface area contributed by atoms with Gasteiger partial charge in [0.15, 0.2) is 0 Å². The predicted molar refractivity (Wildman–Crippen MR) is 104 cm³/mol. The van der Waals surface area contributed by atoms with Gasteiger partial charge in [-0.3, -0.25) is 14.4 Å². The number of amides is 2. The van der Waals surface area contributed by atoms with Crippen molar-refractivity contribution in [3.05, 3.63) is 65.7 Å². The van der Waals surface area contributed by atoms with Crippen LogP contribution < -0.4 is 4.90 Å². The van der Waals surface area contributed by atoms with Crippen LogP contribution in [0.2, 0.25) is 0 Å². The van der Waals surface area contributed by atoms with Gasteiger partial charge in [-0.15, -0.1) is 0 Å². The lowest BCUT2D eigenvalue weighted by Crippen LogP contribution is -2.30. The zero-order chi connectivity index (χ0) is 19.7. The van der Waals surface area contributed by atoms with Crippen LogP contribution in [0.3, 0.4) is 0 Å². The first-order chi connectivity index (χ1) is 13.5. The maximum atomic E-state index is 13.1. The highest BCUT2D eigenvalue weighted by Gasteiger charge is 2.40. The average molecular weight is 378 g/mol. The first-order valence-electron chi connectivity index (χ1n) is 9.52. The van der Waals surface area contributed by atoms with Crippen molar-refractivity contribution in [2.75, 3.05) is 24.5 Å². The van der Waals surface area contributed by atoms with Crippen molar-refractivity contribution >= 4 is 23.5 Å². The number of benzene rings is 2. The number of likely N-dealkylation sites (tertiary alicyclic amines) is 1. The van der Waals surface area contributed by atoms with E-state index in [4.69, 9.17) is 0 Å². The molecule has 1 N–H and O–H groups in total. The lowest BCUT2D eigenvalue weighted by Gasteiger charge is -2.19. The van der Waals surface area contributed by atoms with Crippen molar-refractivity contribution in [1.29, 1.82) is 0 Å². The Labute approximate surface area is 163 Å². The number of hydrogen-bond donors (Lipinski definition) is 1. The molecule has 2 saturated heterocycles. The summed E-state index contributed by atoms with van der Waals surface area (Å²) >= 11 is 0. The minimum absolute atomic E-state index is 0.0702. The summed E-state index contributed by atoms with van der Waals surface area (Å²) in [5.74, 6) is -1.87. The number of nitrogens with zero attached hydrogens (tertiary/aromatic N) is 2. The molecule has 4 rings (SSSR count). The Morgan fingerprint density at radius 3 is 2.46 bits per heavy atom. The Balaban J connectivity index is 1.57. The number of carboxylic acid groups (broad SMARTS) is 1. The zero-order valence-corrected chi connectivity index (χ0v) is 15.5. The molecule has 2 aliphatic rings. The lowest BCUT2D eigenvalue weighted by atomic mass is 9.89. The molecule has 2 aliphatic heterocycles. The minimum Gasteiger partial charge on any atom is -0.481 e. The van der Waals surface area contributed by atoms with Gasteiger partial charge in [-0.1, -0.05) is 36.4 Å². The Hall–Kier alpha value is -3.15. The topological polar surface area (TPSA) is 77.9 Å². The molecular formula is C22H22N2O4. The van der Waals surface area contributed by atoms with Crippen molar-refractivity contribution in [3.8, 4) is 0 Å². The highest BCUT2D eigenvalue weighted by molar-refractivity contribution is 5.99. The monoisotopic (exact) mass is 378 g/mol. The fourth-order valence-corrected chi connectivity index (χ4v) is 4.17. The van der Waals surface area contributed by atoms with Gasteiger partial charge in [0.05, 0.1) is 5.92 Å². The maximum absolute atomic E-state index is 13.1. The van der Waals surface area contributed by atoms with E-state index in [1.165, 1.54) is 0 Å². The van der Waals surface area contributed by atoms with Gasteiger partial charge in [-0.25, -0.2) is 0 Å². The fraction of sp³-hybridized carbons (Fsp3) is 0.318. The first kappa shape index (κ1) is 18.2. The molecule has 2 aromatic rings. The molecule has 28 heavy (non-hydrogen) atoms. The van der Waals surface area contributed by atoms with Crippen molar-refractivity contribution < 1.29 is 19.5 Å². The first-order valence-corrected chi connectivity index (χ1v) is 9.52. The number of carboxylic acids is 1. The van der Waals surface area contributed by atoms with Crippen molar-refractivity contribution in [3.63, 3.8) is 0 Å². The standard InChI is InChI=1S/C22H22N2O4/c25-20-10-5-11-24(20)17-9-4-8-16(12-17)21(26)23-13-18(19(14-23)22(27)28)15-6-2-1-3-7-15/h1-4,6-9,12,18-19H,5,10-11,13-14H2,(H,27,28)/t18-,19-/m1/s1. The molecule has 0 aliphatic carbocycles. The average Bonchev–Trinajstić information content (AvgIpc) is 3.35. The van der Waals surface area contributed by atoms with E-state index in [2.05, 4.69) is 0 Å². The van der Waals surface area contributed by atoms with E-state index in [1.807, 2.05) is 36.4 Å². The van der Waals surface area contributed by atoms with Gasteiger partial charge >= 0.3 is 5.97 Å². The lowest BCUT2D eigenvalue weighted by molar-refractivity contribution is -0.141. The van der Waals surface area contributed by atoms with E-state index < -0.39 is 11.9 Å². The van der Waals surface area contributed by atoms with Gasteiger partial charge in [0.1, 0.15) is 0 Å². The summed E-state index contributed by atoms with van der Waals surface area (Å²) in [7, 11) is 0. The summed E-state index contributed by atoms with van der Waals surface area (Å²) in [6.45, 7) is 1.21. The second kappa shape index (κ2) is 7.46. The van der Waals surface area contributed by atoms with E-state index in [0.29, 0.717) is 25.1 Å². The van der Waals surface area contributed by atoms with Crippen LogP contribution in [0.5, 0.6) is 0 Å². The van der Waals surface area contributed by atoms with Gasteiger partial charge in [0, 0.05) is 43.2 Å². The Morgan fingerprint density at radius 2 is 1.79 bits per heavy atom. The molecule has 0 unspecified atom stereocenters. The zero-order valence-electron chi connectivity index (χ0n) is 15.5. The number of carbonyl (C=O) groups is 3. The molecule has 144 valence electrons. The van der Waals surface area contributed by atoms with Gasteiger partial charge in [0.25, 0.3) is 5.91 Å². The van der Waals surface area contributed by atoms with Crippen LogP contribution in [-0.2, 0) is 9.59 Å². The fourth-order valence-electron chi connectivity index (χ4n) is 4.17.